The number of fused-ring (bicyclic) bond motifs is 2. The Balaban J connectivity index is 1.47. The van der Waals surface area contributed by atoms with Gasteiger partial charge in [0.15, 0.2) is 5.16 Å². The van der Waals surface area contributed by atoms with Crippen molar-refractivity contribution in [2.45, 2.75) is 5.16 Å². The van der Waals surface area contributed by atoms with Crippen molar-refractivity contribution < 1.29 is 9.53 Å². The summed E-state index contributed by atoms with van der Waals surface area (Å²) in [5.41, 5.74) is 2.53. The summed E-state index contributed by atoms with van der Waals surface area (Å²) in [5, 5.41) is 5.90. The van der Waals surface area contributed by atoms with E-state index in [2.05, 4.69) is 39.6 Å². The molecule has 0 bridgehead atoms. The van der Waals surface area contributed by atoms with Crippen LogP contribution in [0.4, 0.5) is 5.69 Å². The highest BCUT2D eigenvalue weighted by Gasteiger charge is 2.10. The topological polar surface area (TPSA) is 67.0 Å². The summed E-state index contributed by atoms with van der Waals surface area (Å²) in [7, 11) is 1.58. The van der Waals surface area contributed by atoms with E-state index < -0.39 is 0 Å². The molecule has 3 aromatic carbocycles. The average molecular weight is 363 g/mol. The number of anilines is 1. The zero-order chi connectivity index (χ0) is 17.9. The van der Waals surface area contributed by atoms with Crippen LogP contribution in [0, 0.1) is 0 Å². The molecule has 130 valence electrons. The smallest absolute Gasteiger partial charge is 0.234 e. The molecular formula is C20H17N3O2S. The molecule has 4 aromatic rings. The molecule has 1 heterocycles. The van der Waals surface area contributed by atoms with Crippen molar-refractivity contribution in [2.75, 3.05) is 18.2 Å². The number of H-pyrrole nitrogens is 1. The lowest BCUT2D eigenvalue weighted by Gasteiger charge is -2.09. The zero-order valence-corrected chi connectivity index (χ0v) is 15.0. The molecule has 4 rings (SSSR count). The molecule has 1 aromatic heterocycles. The molecular weight excluding hydrogens is 346 g/mol. The van der Waals surface area contributed by atoms with E-state index in [9.17, 15) is 4.79 Å². The van der Waals surface area contributed by atoms with Gasteiger partial charge in [-0.05, 0) is 35.0 Å². The average Bonchev–Trinajstić information content (AvgIpc) is 3.06. The van der Waals surface area contributed by atoms with Crippen LogP contribution in [0.2, 0.25) is 0 Å². The van der Waals surface area contributed by atoms with Crippen LogP contribution in [0.25, 0.3) is 21.8 Å². The van der Waals surface area contributed by atoms with Gasteiger partial charge in [-0.3, -0.25) is 4.79 Å². The minimum atomic E-state index is -0.106. The van der Waals surface area contributed by atoms with Crippen LogP contribution >= 0.6 is 11.8 Å². The molecule has 0 saturated carbocycles. The summed E-state index contributed by atoms with van der Waals surface area (Å²) in [6.07, 6.45) is 0. The first kappa shape index (κ1) is 16.5. The third-order valence-electron chi connectivity index (χ3n) is 4.05. The molecule has 26 heavy (non-hydrogen) atoms. The molecule has 1 amide bonds. The van der Waals surface area contributed by atoms with Gasteiger partial charge in [0.05, 0.1) is 29.6 Å². The van der Waals surface area contributed by atoms with Crippen molar-refractivity contribution >= 4 is 45.2 Å². The van der Waals surface area contributed by atoms with E-state index in [1.165, 1.54) is 11.8 Å². The second kappa shape index (κ2) is 7.09. The van der Waals surface area contributed by atoms with Gasteiger partial charge in [-0.15, -0.1) is 0 Å². The van der Waals surface area contributed by atoms with Crippen molar-refractivity contribution in [1.82, 2.24) is 9.97 Å². The second-order valence-electron chi connectivity index (χ2n) is 5.80. The maximum Gasteiger partial charge on any atom is 0.234 e. The largest absolute Gasteiger partial charge is 0.495 e. The lowest BCUT2D eigenvalue weighted by molar-refractivity contribution is -0.113. The quantitative estimate of drug-likeness (QED) is 0.514. The lowest BCUT2D eigenvalue weighted by atomic mass is 10.1. The highest BCUT2D eigenvalue weighted by molar-refractivity contribution is 7.99. The van der Waals surface area contributed by atoms with Crippen LogP contribution in [-0.4, -0.2) is 28.7 Å². The van der Waals surface area contributed by atoms with E-state index >= 15 is 0 Å². The Morgan fingerprint density at radius 1 is 1.12 bits per heavy atom. The molecule has 2 N–H and O–H groups in total. The standard InChI is InChI=1S/C20H17N3O2S/c1-25-18-9-5-4-8-15(18)21-19(24)12-26-20-22-16-10-13-6-2-3-7-14(13)11-17(16)23-20/h2-11H,12H2,1H3,(H,21,24)(H,22,23). The Morgan fingerprint density at radius 3 is 2.65 bits per heavy atom. The molecule has 5 nitrogen and oxygen atoms in total. The minimum absolute atomic E-state index is 0.106. The van der Waals surface area contributed by atoms with Gasteiger partial charge in [-0.2, -0.15) is 0 Å². The van der Waals surface area contributed by atoms with Crippen molar-refractivity contribution in [1.29, 1.82) is 0 Å². The third-order valence-corrected chi connectivity index (χ3v) is 4.92. The summed E-state index contributed by atoms with van der Waals surface area (Å²) in [4.78, 5) is 20.1. The first-order valence-corrected chi connectivity index (χ1v) is 9.16. The normalized spacial score (nSPS) is 11.0. The first-order chi connectivity index (χ1) is 12.7. The van der Waals surface area contributed by atoms with Crippen LogP contribution in [0.5, 0.6) is 5.75 Å². The molecule has 0 aliphatic carbocycles. The highest BCUT2D eigenvalue weighted by Crippen LogP contribution is 2.26. The van der Waals surface area contributed by atoms with E-state index in [0.717, 1.165) is 27.0 Å². The molecule has 0 atom stereocenters. The number of ether oxygens (including phenoxy) is 1. The Kier molecular flexibility index (Phi) is 4.50. The summed E-state index contributed by atoms with van der Waals surface area (Å²) in [6, 6.07) is 19.6. The van der Waals surface area contributed by atoms with Gasteiger partial charge in [0.1, 0.15) is 5.75 Å². The van der Waals surface area contributed by atoms with E-state index in [-0.39, 0.29) is 11.7 Å². The van der Waals surface area contributed by atoms with Gasteiger partial charge in [0, 0.05) is 0 Å². The van der Waals surface area contributed by atoms with Crippen LogP contribution in [-0.2, 0) is 4.79 Å². The number of hydrogen-bond acceptors (Lipinski definition) is 4. The maximum atomic E-state index is 12.2. The number of benzene rings is 3. The number of methoxy groups -OCH3 is 1. The van der Waals surface area contributed by atoms with E-state index in [1.807, 2.05) is 36.4 Å². The number of nitrogens with one attached hydrogen (secondary N) is 2. The van der Waals surface area contributed by atoms with Crippen LogP contribution < -0.4 is 10.1 Å². The van der Waals surface area contributed by atoms with Crippen LogP contribution in [0.1, 0.15) is 0 Å². The molecule has 0 aliphatic rings. The number of carbonyl (C=O) groups is 1. The second-order valence-corrected chi connectivity index (χ2v) is 6.76. The van der Waals surface area contributed by atoms with Crippen LogP contribution in [0.15, 0.2) is 65.8 Å². The van der Waals surface area contributed by atoms with Gasteiger partial charge in [0.2, 0.25) is 5.91 Å². The molecule has 0 unspecified atom stereocenters. The Hall–Kier alpha value is -2.99. The fourth-order valence-corrected chi connectivity index (χ4v) is 3.49. The summed E-state index contributed by atoms with van der Waals surface area (Å²) >= 11 is 1.37. The molecule has 0 spiro atoms. The zero-order valence-electron chi connectivity index (χ0n) is 14.2. The predicted molar refractivity (Wildman–Crippen MR) is 106 cm³/mol. The van der Waals surface area contributed by atoms with Crippen molar-refractivity contribution in [3.63, 3.8) is 0 Å². The number of amides is 1. The fourth-order valence-electron chi connectivity index (χ4n) is 2.81. The molecule has 0 fully saturated rings. The van der Waals surface area contributed by atoms with Crippen LogP contribution in [0.3, 0.4) is 0 Å². The lowest BCUT2D eigenvalue weighted by Crippen LogP contribution is -2.14. The van der Waals surface area contributed by atoms with E-state index in [1.54, 1.807) is 7.11 Å². The van der Waals surface area contributed by atoms with Crippen molar-refractivity contribution in [3.05, 3.63) is 60.7 Å². The maximum absolute atomic E-state index is 12.2. The van der Waals surface area contributed by atoms with E-state index in [0.29, 0.717) is 11.4 Å². The van der Waals surface area contributed by atoms with Gasteiger partial charge >= 0.3 is 0 Å². The number of rotatable bonds is 5. The number of carbonyl (C=O) groups excluding carboxylic acids is 1. The Labute approximate surface area is 154 Å². The number of aromatic amines is 1. The van der Waals surface area contributed by atoms with Gasteiger partial charge in [-0.1, -0.05) is 48.2 Å². The van der Waals surface area contributed by atoms with Crippen molar-refractivity contribution in [2.24, 2.45) is 0 Å². The molecule has 0 aliphatic heterocycles. The Morgan fingerprint density at radius 2 is 1.85 bits per heavy atom. The number of nitrogens with zero attached hydrogens (tertiary/aromatic N) is 1. The monoisotopic (exact) mass is 363 g/mol. The molecule has 0 saturated heterocycles. The molecule has 6 heteroatoms. The number of thioether (sulfide) groups is 1. The SMILES string of the molecule is COc1ccccc1NC(=O)CSc1nc2cc3ccccc3cc2[nH]1. The number of hydrogen-bond donors (Lipinski definition) is 2. The fraction of sp³-hybridized carbons (Fsp3) is 0.100. The van der Waals surface area contributed by atoms with Gasteiger partial charge < -0.3 is 15.0 Å². The highest BCUT2D eigenvalue weighted by atomic mass is 32.2. The van der Waals surface area contributed by atoms with E-state index in [4.69, 9.17) is 4.74 Å². The summed E-state index contributed by atoms with van der Waals surface area (Å²) in [6.45, 7) is 0. The Bertz CT molecular complexity index is 1040. The molecule has 0 radical (unpaired) electrons. The number of aromatic nitrogens is 2. The minimum Gasteiger partial charge on any atom is -0.495 e. The summed E-state index contributed by atoms with van der Waals surface area (Å²) < 4.78 is 5.25. The third kappa shape index (κ3) is 3.36. The number of para-hydroxylation sites is 2. The first-order valence-electron chi connectivity index (χ1n) is 8.17. The van der Waals surface area contributed by atoms with Gasteiger partial charge in [-0.25, -0.2) is 4.98 Å². The predicted octanol–water partition coefficient (Wildman–Crippen LogP) is 4.46. The van der Waals surface area contributed by atoms with Gasteiger partial charge in [0.25, 0.3) is 0 Å². The summed E-state index contributed by atoms with van der Waals surface area (Å²) in [5.74, 6) is 0.795. The number of imidazole rings is 1. The van der Waals surface area contributed by atoms with Crippen molar-refractivity contribution in [3.8, 4) is 5.75 Å².